The number of carboxylic acid groups (broad SMARTS) is 1. The fraction of sp³-hybridized carbons (Fsp3) is 0.857. The Hall–Kier alpha value is 0.0500. The Kier molecular flexibility index (Phi) is 6.77. The molecular formula is C7H12Cl2O2. The number of aliphatic carboxylic acids is 1. The highest BCUT2D eigenvalue weighted by molar-refractivity contribution is 6.20. The summed E-state index contributed by atoms with van der Waals surface area (Å²) in [4.78, 5) is 10.1. The molecule has 0 rings (SSSR count). The number of hydrogen-bond acceptors (Lipinski definition) is 1. The van der Waals surface area contributed by atoms with Crippen LogP contribution in [-0.2, 0) is 4.79 Å². The Labute approximate surface area is 76.5 Å². The number of carboxylic acids is 1. The van der Waals surface area contributed by atoms with Crippen molar-refractivity contribution in [3.8, 4) is 0 Å². The lowest BCUT2D eigenvalue weighted by Crippen LogP contribution is -2.05. The third-order valence-electron chi connectivity index (χ3n) is 1.44. The van der Waals surface area contributed by atoms with Gasteiger partial charge in [-0.3, -0.25) is 4.79 Å². The molecule has 0 heterocycles. The van der Waals surface area contributed by atoms with E-state index in [1.54, 1.807) is 0 Å². The van der Waals surface area contributed by atoms with E-state index < -0.39 is 5.97 Å². The van der Waals surface area contributed by atoms with E-state index in [1.165, 1.54) is 0 Å². The Bertz CT molecular complexity index is 113. The zero-order valence-corrected chi connectivity index (χ0v) is 7.74. The van der Waals surface area contributed by atoms with Crippen molar-refractivity contribution in [3.63, 3.8) is 0 Å². The van der Waals surface area contributed by atoms with Gasteiger partial charge in [-0.15, -0.1) is 23.2 Å². The minimum absolute atomic E-state index is 0.213. The summed E-state index contributed by atoms with van der Waals surface area (Å²) >= 11 is 11.1. The first kappa shape index (κ1) is 11.1. The predicted octanol–water partition coefficient (Wildman–Crippen LogP) is 2.34. The van der Waals surface area contributed by atoms with Gasteiger partial charge < -0.3 is 5.11 Å². The standard InChI is InChI=1S/C7H12Cl2O2/c8-4-6(5-9)2-1-3-7(10)11/h6H,1-5H2,(H,10,11). The smallest absolute Gasteiger partial charge is 0.303 e. The van der Waals surface area contributed by atoms with Gasteiger partial charge in [0.05, 0.1) is 0 Å². The second-order valence-electron chi connectivity index (χ2n) is 2.46. The van der Waals surface area contributed by atoms with Crippen LogP contribution in [0.2, 0.25) is 0 Å². The van der Waals surface area contributed by atoms with Crippen LogP contribution < -0.4 is 0 Å². The van der Waals surface area contributed by atoms with Crippen molar-refractivity contribution in [1.82, 2.24) is 0 Å². The normalized spacial score (nSPS) is 10.5. The quantitative estimate of drug-likeness (QED) is 0.666. The zero-order chi connectivity index (χ0) is 8.69. The van der Waals surface area contributed by atoms with Crippen molar-refractivity contribution in [3.05, 3.63) is 0 Å². The summed E-state index contributed by atoms with van der Waals surface area (Å²) in [7, 11) is 0. The topological polar surface area (TPSA) is 37.3 Å². The van der Waals surface area contributed by atoms with E-state index in [-0.39, 0.29) is 12.3 Å². The predicted molar refractivity (Wildman–Crippen MR) is 46.4 cm³/mol. The van der Waals surface area contributed by atoms with Crippen molar-refractivity contribution in [2.75, 3.05) is 11.8 Å². The maximum Gasteiger partial charge on any atom is 0.303 e. The molecule has 0 unspecified atom stereocenters. The lowest BCUT2D eigenvalue weighted by Gasteiger charge is -2.07. The highest BCUT2D eigenvalue weighted by atomic mass is 35.5. The van der Waals surface area contributed by atoms with Crippen molar-refractivity contribution in [2.24, 2.45) is 5.92 Å². The molecule has 11 heavy (non-hydrogen) atoms. The highest BCUT2D eigenvalue weighted by Crippen LogP contribution is 2.11. The summed E-state index contributed by atoms with van der Waals surface area (Å²) in [5, 5.41) is 8.31. The van der Waals surface area contributed by atoms with Crippen LogP contribution in [-0.4, -0.2) is 22.8 Å². The molecule has 0 fully saturated rings. The molecule has 1 N–H and O–H groups in total. The van der Waals surface area contributed by atoms with Crippen molar-refractivity contribution >= 4 is 29.2 Å². The van der Waals surface area contributed by atoms with Crippen molar-refractivity contribution < 1.29 is 9.90 Å². The van der Waals surface area contributed by atoms with E-state index in [4.69, 9.17) is 28.3 Å². The van der Waals surface area contributed by atoms with Crippen LogP contribution in [0, 0.1) is 5.92 Å². The Balaban J connectivity index is 3.28. The Morgan fingerprint density at radius 3 is 2.27 bits per heavy atom. The molecule has 0 aliphatic carbocycles. The van der Waals surface area contributed by atoms with Crippen LogP contribution in [0.25, 0.3) is 0 Å². The van der Waals surface area contributed by atoms with E-state index in [9.17, 15) is 4.79 Å². The third kappa shape index (κ3) is 6.45. The monoisotopic (exact) mass is 198 g/mol. The van der Waals surface area contributed by atoms with Crippen molar-refractivity contribution in [1.29, 1.82) is 0 Å². The van der Waals surface area contributed by atoms with Gasteiger partial charge in [-0.05, 0) is 18.8 Å². The number of hydrogen-bond donors (Lipinski definition) is 1. The van der Waals surface area contributed by atoms with Crippen LogP contribution in [0.4, 0.5) is 0 Å². The minimum Gasteiger partial charge on any atom is -0.481 e. The molecule has 0 amide bonds. The largest absolute Gasteiger partial charge is 0.481 e. The minimum atomic E-state index is -0.757. The lowest BCUT2D eigenvalue weighted by molar-refractivity contribution is -0.137. The van der Waals surface area contributed by atoms with Gasteiger partial charge >= 0.3 is 5.97 Å². The van der Waals surface area contributed by atoms with Gasteiger partial charge in [0.25, 0.3) is 0 Å². The maximum absolute atomic E-state index is 10.1. The lowest BCUT2D eigenvalue weighted by atomic mass is 10.1. The van der Waals surface area contributed by atoms with E-state index >= 15 is 0 Å². The molecule has 2 nitrogen and oxygen atoms in total. The van der Waals surface area contributed by atoms with E-state index in [1.807, 2.05) is 0 Å². The molecule has 0 atom stereocenters. The van der Waals surface area contributed by atoms with Gasteiger partial charge in [-0.2, -0.15) is 0 Å². The average molecular weight is 199 g/mol. The van der Waals surface area contributed by atoms with E-state index in [0.717, 1.165) is 6.42 Å². The number of carbonyl (C=O) groups is 1. The van der Waals surface area contributed by atoms with Crippen LogP contribution in [0.5, 0.6) is 0 Å². The summed E-state index contributed by atoms with van der Waals surface area (Å²) in [6.07, 6.45) is 1.68. The molecule has 4 heteroatoms. The average Bonchev–Trinajstić information content (AvgIpc) is 1.98. The van der Waals surface area contributed by atoms with Crippen LogP contribution in [0.3, 0.4) is 0 Å². The first-order chi connectivity index (χ1) is 5.20. The molecule has 0 saturated heterocycles. The molecule has 0 aliphatic heterocycles. The summed E-state index contributed by atoms with van der Waals surface area (Å²) < 4.78 is 0. The molecule has 0 aromatic rings. The number of rotatable bonds is 6. The second kappa shape index (κ2) is 6.74. The van der Waals surface area contributed by atoms with Crippen LogP contribution in [0.1, 0.15) is 19.3 Å². The molecule has 66 valence electrons. The van der Waals surface area contributed by atoms with Gasteiger partial charge in [-0.25, -0.2) is 0 Å². The van der Waals surface area contributed by atoms with E-state index in [0.29, 0.717) is 18.2 Å². The molecule has 0 aromatic carbocycles. The fourth-order valence-corrected chi connectivity index (χ4v) is 1.38. The SMILES string of the molecule is O=C(O)CCCC(CCl)CCl. The van der Waals surface area contributed by atoms with Gasteiger partial charge in [0, 0.05) is 18.2 Å². The molecular weight excluding hydrogens is 187 g/mol. The van der Waals surface area contributed by atoms with Gasteiger partial charge in [0.2, 0.25) is 0 Å². The fourth-order valence-electron chi connectivity index (χ4n) is 0.738. The maximum atomic E-state index is 10.1. The number of halogens is 2. The van der Waals surface area contributed by atoms with Gasteiger partial charge in [-0.1, -0.05) is 0 Å². The molecule has 0 aromatic heterocycles. The summed E-state index contributed by atoms with van der Waals surface area (Å²) in [6.45, 7) is 0. The Morgan fingerprint density at radius 2 is 1.91 bits per heavy atom. The third-order valence-corrected chi connectivity index (χ3v) is 2.31. The second-order valence-corrected chi connectivity index (χ2v) is 3.08. The van der Waals surface area contributed by atoms with Gasteiger partial charge in [0.1, 0.15) is 0 Å². The van der Waals surface area contributed by atoms with Crippen molar-refractivity contribution in [2.45, 2.75) is 19.3 Å². The summed E-state index contributed by atoms with van der Waals surface area (Å²) in [5.74, 6) is 0.539. The van der Waals surface area contributed by atoms with Crippen LogP contribution >= 0.6 is 23.2 Å². The molecule has 0 radical (unpaired) electrons. The number of alkyl halides is 2. The first-order valence-electron chi connectivity index (χ1n) is 3.54. The first-order valence-corrected chi connectivity index (χ1v) is 4.61. The molecule has 0 bridgehead atoms. The zero-order valence-electron chi connectivity index (χ0n) is 6.22. The molecule has 0 saturated carbocycles. The Morgan fingerprint density at radius 1 is 1.36 bits per heavy atom. The van der Waals surface area contributed by atoms with E-state index in [2.05, 4.69) is 0 Å². The van der Waals surface area contributed by atoms with Crippen LogP contribution in [0.15, 0.2) is 0 Å². The molecule has 0 spiro atoms. The summed E-state index contributed by atoms with van der Waals surface area (Å²) in [6, 6.07) is 0. The summed E-state index contributed by atoms with van der Waals surface area (Å²) in [5.41, 5.74) is 0. The van der Waals surface area contributed by atoms with Gasteiger partial charge in [0.15, 0.2) is 0 Å². The highest BCUT2D eigenvalue weighted by Gasteiger charge is 2.06. The molecule has 0 aliphatic rings.